The number of nitrogens with zero attached hydrogens (tertiary/aromatic N) is 3. The lowest BCUT2D eigenvalue weighted by Crippen LogP contribution is -2.26. The normalized spacial score (nSPS) is 18.6. The predicted molar refractivity (Wildman–Crippen MR) is 88.5 cm³/mol. The van der Waals surface area contributed by atoms with Gasteiger partial charge in [-0.1, -0.05) is 0 Å². The molecule has 1 amide bonds. The summed E-state index contributed by atoms with van der Waals surface area (Å²) in [5.41, 5.74) is 1.66. The maximum atomic E-state index is 12.0. The van der Waals surface area contributed by atoms with E-state index >= 15 is 0 Å². The van der Waals surface area contributed by atoms with E-state index < -0.39 is 22.3 Å². The summed E-state index contributed by atoms with van der Waals surface area (Å²) in [6.45, 7) is 4.14. The Morgan fingerprint density at radius 2 is 2.17 bits per heavy atom. The molecule has 8 nitrogen and oxygen atoms in total. The monoisotopic (exact) mass is 353 g/mol. The average Bonchev–Trinajstić information content (AvgIpc) is 3.07. The van der Waals surface area contributed by atoms with Gasteiger partial charge in [0.1, 0.15) is 12.7 Å². The number of ether oxygens (including phenoxy) is 1. The minimum atomic E-state index is -3.57. The van der Waals surface area contributed by atoms with Gasteiger partial charge in [0.2, 0.25) is 0 Å². The van der Waals surface area contributed by atoms with Crippen LogP contribution in [0.3, 0.4) is 0 Å². The number of anilines is 1. The zero-order valence-corrected chi connectivity index (χ0v) is 14.5. The minimum Gasteiger partial charge on any atom is -0.441 e. The first-order valence-electron chi connectivity index (χ1n) is 7.54. The molecule has 0 spiro atoms. The van der Waals surface area contributed by atoms with Gasteiger partial charge in [-0.15, -0.1) is 0 Å². The Labute approximate surface area is 140 Å². The third kappa shape index (κ3) is 3.36. The number of carbonyl (C=O) groups excluding carboxylic acids is 1. The van der Waals surface area contributed by atoms with Gasteiger partial charge in [-0.2, -0.15) is 13.5 Å². The van der Waals surface area contributed by atoms with Gasteiger partial charge in [-0.3, -0.25) is 13.8 Å². The smallest absolute Gasteiger partial charge is 0.414 e. The summed E-state index contributed by atoms with van der Waals surface area (Å²) < 4.78 is 33.8. The highest BCUT2D eigenvalue weighted by Crippen LogP contribution is 2.27. The van der Waals surface area contributed by atoms with Crippen molar-refractivity contribution in [2.45, 2.75) is 26.0 Å². The first-order valence-corrected chi connectivity index (χ1v) is 9.36. The fourth-order valence-corrected chi connectivity index (χ4v) is 3.04. The lowest BCUT2D eigenvalue weighted by molar-refractivity contribution is 0.107. The van der Waals surface area contributed by atoms with Gasteiger partial charge in [0.15, 0.2) is 0 Å². The second-order valence-electron chi connectivity index (χ2n) is 6.03. The van der Waals surface area contributed by atoms with Crippen LogP contribution in [0.15, 0.2) is 24.4 Å². The highest BCUT2D eigenvalue weighted by Gasteiger charge is 2.33. The van der Waals surface area contributed by atoms with Gasteiger partial charge in [0.05, 0.1) is 24.5 Å². The number of aromatic nitrogens is 2. The molecule has 1 aliphatic rings. The Morgan fingerprint density at radius 3 is 2.83 bits per heavy atom. The van der Waals surface area contributed by atoms with E-state index in [1.54, 1.807) is 6.20 Å². The van der Waals surface area contributed by atoms with Gasteiger partial charge in [0.25, 0.3) is 10.1 Å². The van der Waals surface area contributed by atoms with Crippen molar-refractivity contribution in [3.63, 3.8) is 0 Å². The highest BCUT2D eigenvalue weighted by atomic mass is 32.2. The molecule has 0 radical (unpaired) electrons. The molecule has 24 heavy (non-hydrogen) atoms. The number of fused-ring (bicyclic) bond motifs is 1. The number of hydrogen-bond acceptors (Lipinski definition) is 6. The number of amides is 1. The van der Waals surface area contributed by atoms with E-state index in [9.17, 15) is 13.2 Å². The lowest BCUT2D eigenvalue weighted by atomic mass is 10.2. The highest BCUT2D eigenvalue weighted by molar-refractivity contribution is 7.85. The van der Waals surface area contributed by atoms with Crippen molar-refractivity contribution < 1.29 is 22.1 Å². The second kappa shape index (κ2) is 6.06. The van der Waals surface area contributed by atoms with E-state index in [2.05, 4.69) is 5.10 Å². The second-order valence-corrected chi connectivity index (χ2v) is 7.67. The zero-order chi connectivity index (χ0) is 17.5. The molecule has 2 heterocycles. The number of hydrogen-bond donors (Lipinski definition) is 0. The fourth-order valence-electron chi connectivity index (χ4n) is 2.64. The number of cyclic esters (lactones) is 1. The first kappa shape index (κ1) is 16.7. The molecule has 0 unspecified atom stereocenters. The predicted octanol–water partition coefficient (Wildman–Crippen LogP) is 1.92. The maximum absolute atomic E-state index is 12.0. The molecular weight excluding hydrogens is 334 g/mol. The summed E-state index contributed by atoms with van der Waals surface area (Å²) >= 11 is 0. The van der Waals surface area contributed by atoms with Crippen molar-refractivity contribution in [1.29, 1.82) is 0 Å². The number of carbonyl (C=O) groups is 1. The molecular formula is C15H19N3O5S. The molecule has 9 heteroatoms. The molecule has 1 aromatic heterocycles. The first-order chi connectivity index (χ1) is 11.2. The van der Waals surface area contributed by atoms with Crippen LogP contribution in [0.1, 0.15) is 19.9 Å². The summed E-state index contributed by atoms with van der Waals surface area (Å²) in [7, 11) is -3.57. The standard InChI is InChI=1S/C15H19N3O5S/c1-10(2)18-14-5-4-12(6-11(14)7-16-18)17-8-13(23-15(17)19)9-22-24(3,20)21/h4-7,10,13H,8-9H2,1-3H3/t13-/m1/s1. The van der Waals surface area contributed by atoms with Gasteiger partial charge in [0, 0.05) is 17.1 Å². The van der Waals surface area contributed by atoms with Crippen LogP contribution in [0, 0.1) is 0 Å². The Hall–Kier alpha value is -2.13. The Bertz CT molecular complexity index is 874. The Morgan fingerprint density at radius 1 is 1.42 bits per heavy atom. The largest absolute Gasteiger partial charge is 0.441 e. The average molecular weight is 353 g/mol. The van der Waals surface area contributed by atoms with E-state index in [0.29, 0.717) is 5.69 Å². The molecule has 130 valence electrons. The lowest BCUT2D eigenvalue weighted by Gasteiger charge is -2.13. The molecule has 0 bridgehead atoms. The number of benzene rings is 1. The Balaban J connectivity index is 1.79. The third-order valence-corrected chi connectivity index (χ3v) is 4.29. The van der Waals surface area contributed by atoms with E-state index in [0.717, 1.165) is 17.2 Å². The molecule has 1 aromatic carbocycles. The zero-order valence-electron chi connectivity index (χ0n) is 13.7. The van der Waals surface area contributed by atoms with Crippen molar-refractivity contribution in [2.24, 2.45) is 0 Å². The summed E-state index contributed by atoms with van der Waals surface area (Å²) in [5.74, 6) is 0. The van der Waals surface area contributed by atoms with Crippen molar-refractivity contribution in [3.8, 4) is 0 Å². The van der Waals surface area contributed by atoms with E-state index in [1.165, 1.54) is 4.90 Å². The van der Waals surface area contributed by atoms with E-state index in [4.69, 9.17) is 8.92 Å². The van der Waals surface area contributed by atoms with Crippen molar-refractivity contribution in [1.82, 2.24) is 9.78 Å². The van der Waals surface area contributed by atoms with Crippen LogP contribution in [0.2, 0.25) is 0 Å². The molecule has 1 atom stereocenters. The van der Waals surface area contributed by atoms with Crippen molar-refractivity contribution >= 4 is 32.8 Å². The van der Waals surface area contributed by atoms with Crippen LogP contribution in [0.4, 0.5) is 10.5 Å². The van der Waals surface area contributed by atoms with Crippen LogP contribution in [-0.4, -0.2) is 49.8 Å². The maximum Gasteiger partial charge on any atom is 0.414 e. The molecule has 1 fully saturated rings. The molecule has 3 rings (SSSR count). The summed E-state index contributed by atoms with van der Waals surface area (Å²) in [6, 6.07) is 5.83. The van der Waals surface area contributed by atoms with Gasteiger partial charge < -0.3 is 4.74 Å². The Kier molecular flexibility index (Phi) is 4.22. The van der Waals surface area contributed by atoms with E-state index in [-0.39, 0.29) is 19.2 Å². The van der Waals surface area contributed by atoms with E-state index in [1.807, 2.05) is 36.7 Å². The summed E-state index contributed by atoms with van der Waals surface area (Å²) in [4.78, 5) is 13.5. The molecule has 1 aliphatic heterocycles. The van der Waals surface area contributed by atoms with Gasteiger partial charge in [-0.25, -0.2) is 4.79 Å². The quantitative estimate of drug-likeness (QED) is 0.763. The summed E-state index contributed by atoms with van der Waals surface area (Å²) in [5, 5.41) is 5.27. The van der Waals surface area contributed by atoms with Crippen LogP contribution >= 0.6 is 0 Å². The molecule has 0 N–H and O–H groups in total. The third-order valence-electron chi connectivity index (χ3n) is 3.72. The van der Waals surface area contributed by atoms with Crippen LogP contribution in [0.5, 0.6) is 0 Å². The van der Waals surface area contributed by atoms with Crippen LogP contribution in [0.25, 0.3) is 10.9 Å². The molecule has 2 aromatic rings. The van der Waals surface area contributed by atoms with Crippen LogP contribution < -0.4 is 4.90 Å². The molecule has 0 saturated carbocycles. The van der Waals surface area contributed by atoms with Crippen LogP contribution in [-0.2, 0) is 19.0 Å². The number of rotatable bonds is 5. The molecule has 1 saturated heterocycles. The summed E-state index contributed by atoms with van der Waals surface area (Å²) in [6.07, 6.45) is 1.57. The topological polar surface area (TPSA) is 90.7 Å². The minimum absolute atomic E-state index is 0.186. The van der Waals surface area contributed by atoms with Gasteiger partial charge in [-0.05, 0) is 32.0 Å². The van der Waals surface area contributed by atoms with Gasteiger partial charge >= 0.3 is 6.09 Å². The SMILES string of the molecule is CC(C)n1ncc2cc(N3C[C@H](COS(C)(=O)=O)OC3=O)ccc21. The van der Waals surface area contributed by atoms with Crippen molar-refractivity contribution in [3.05, 3.63) is 24.4 Å². The fraction of sp³-hybridized carbons (Fsp3) is 0.467. The molecule has 0 aliphatic carbocycles. The van der Waals surface area contributed by atoms with Crippen molar-refractivity contribution in [2.75, 3.05) is 24.3 Å².